The highest BCUT2D eigenvalue weighted by Gasteiger charge is 2.08. The van der Waals surface area contributed by atoms with E-state index >= 15 is 0 Å². The Bertz CT molecular complexity index is 1060. The van der Waals surface area contributed by atoms with Crippen LogP contribution in [0.2, 0.25) is 0 Å². The molecule has 0 saturated carbocycles. The summed E-state index contributed by atoms with van der Waals surface area (Å²) >= 11 is 1.24. The highest BCUT2D eigenvalue weighted by atomic mass is 32.2. The van der Waals surface area contributed by atoms with Crippen LogP contribution < -0.4 is 5.43 Å². The quantitative estimate of drug-likeness (QED) is 0.204. The Morgan fingerprint density at radius 1 is 1.13 bits per heavy atom. The van der Waals surface area contributed by atoms with Gasteiger partial charge in [0.1, 0.15) is 11.5 Å². The number of nitrogens with zero attached hydrogens (tertiary/aromatic N) is 3. The van der Waals surface area contributed by atoms with Gasteiger partial charge >= 0.3 is 5.97 Å². The summed E-state index contributed by atoms with van der Waals surface area (Å²) in [4.78, 5) is 32.0. The molecule has 0 spiro atoms. The standard InChI is InChI=1S/C21H20N4O4S/c1-13-10-14(2)24-21(23-13)30-12-19(26)25-22-11-17-8-9-18(29-17)15-4-6-16(7-5-15)20(27)28-3/h4-11H,12H2,1-3H3,(H,25,26)/b22-11-. The number of amides is 1. The van der Waals surface area contributed by atoms with E-state index in [1.165, 1.54) is 25.1 Å². The fourth-order valence-corrected chi connectivity index (χ4v) is 3.30. The second-order valence-electron chi connectivity index (χ2n) is 6.29. The number of benzene rings is 1. The molecule has 2 heterocycles. The number of thioether (sulfide) groups is 1. The number of hydrogen-bond donors (Lipinski definition) is 1. The lowest BCUT2D eigenvalue weighted by Gasteiger charge is -2.02. The van der Waals surface area contributed by atoms with Crippen molar-refractivity contribution in [3.05, 3.63) is 65.2 Å². The van der Waals surface area contributed by atoms with Gasteiger partial charge in [0.2, 0.25) is 0 Å². The first-order valence-corrected chi connectivity index (χ1v) is 9.99. The van der Waals surface area contributed by atoms with E-state index in [-0.39, 0.29) is 11.7 Å². The summed E-state index contributed by atoms with van der Waals surface area (Å²) in [6.07, 6.45) is 1.42. The Hall–Kier alpha value is -3.46. The molecule has 8 nitrogen and oxygen atoms in total. The number of methoxy groups -OCH3 is 1. The molecule has 1 N–H and O–H groups in total. The van der Waals surface area contributed by atoms with Crippen LogP contribution >= 0.6 is 11.8 Å². The molecule has 0 saturated heterocycles. The number of furan rings is 1. The number of aryl methyl sites for hydroxylation is 2. The number of carbonyl (C=O) groups excluding carboxylic acids is 2. The number of rotatable bonds is 7. The second-order valence-corrected chi connectivity index (χ2v) is 7.23. The molecule has 0 fully saturated rings. The molecule has 1 amide bonds. The number of ether oxygens (including phenoxy) is 1. The smallest absolute Gasteiger partial charge is 0.337 e. The van der Waals surface area contributed by atoms with Gasteiger partial charge in [-0.25, -0.2) is 20.2 Å². The third kappa shape index (κ3) is 5.77. The molecule has 0 aliphatic heterocycles. The molecule has 0 bridgehead atoms. The van der Waals surface area contributed by atoms with Crippen molar-refractivity contribution >= 4 is 29.9 Å². The van der Waals surface area contributed by atoms with E-state index in [0.717, 1.165) is 17.0 Å². The normalized spacial score (nSPS) is 10.9. The lowest BCUT2D eigenvalue weighted by molar-refractivity contribution is -0.118. The highest BCUT2D eigenvalue weighted by Crippen LogP contribution is 2.22. The Kier molecular flexibility index (Phi) is 6.97. The van der Waals surface area contributed by atoms with E-state index in [1.54, 1.807) is 36.4 Å². The third-order valence-corrected chi connectivity index (χ3v) is 4.74. The van der Waals surface area contributed by atoms with Crippen LogP contribution in [-0.4, -0.2) is 40.9 Å². The number of hydrogen-bond acceptors (Lipinski definition) is 8. The predicted molar refractivity (Wildman–Crippen MR) is 113 cm³/mol. The molecule has 1 aromatic carbocycles. The third-order valence-electron chi connectivity index (χ3n) is 3.89. The molecule has 30 heavy (non-hydrogen) atoms. The molecule has 0 radical (unpaired) electrons. The maximum atomic E-state index is 11.9. The van der Waals surface area contributed by atoms with Gasteiger partial charge in [-0.15, -0.1) is 0 Å². The summed E-state index contributed by atoms with van der Waals surface area (Å²) < 4.78 is 10.4. The molecule has 3 rings (SSSR count). The number of esters is 1. The van der Waals surface area contributed by atoms with Gasteiger partial charge in [0.15, 0.2) is 5.16 Å². The van der Waals surface area contributed by atoms with Gasteiger partial charge in [-0.1, -0.05) is 23.9 Å². The summed E-state index contributed by atoms with van der Waals surface area (Å²) in [7, 11) is 1.34. The van der Waals surface area contributed by atoms with Crippen LogP contribution in [0, 0.1) is 13.8 Å². The van der Waals surface area contributed by atoms with Gasteiger partial charge in [0, 0.05) is 17.0 Å². The number of aromatic nitrogens is 2. The molecule has 2 aromatic heterocycles. The van der Waals surface area contributed by atoms with Crippen molar-refractivity contribution in [3.63, 3.8) is 0 Å². The highest BCUT2D eigenvalue weighted by molar-refractivity contribution is 7.99. The topological polar surface area (TPSA) is 107 Å². The van der Waals surface area contributed by atoms with Crippen LogP contribution in [-0.2, 0) is 9.53 Å². The van der Waals surface area contributed by atoms with Gasteiger partial charge in [0.25, 0.3) is 5.91 Å². The Labute approximate surface area is 177 Å². The van der Waals surface area contributed by atoms with E-state index in [9.17, 15) is 9.59 Å². The Balaban J connectivity index is 1.52. The summed E-state index contributed by atoms with van der Waals surface area (Å²) in [5.74, 6) is 0.571. The molecule has 154 valence electrons. The minimum Gasteiger partial charge on any atom is -0.465 e. The minimum atomic E-state index is -0.396. The molecule has 0 aliphatic rings. The molecular formula is C21H20N4O4S. The zero-order chi connectivity index (χ0) is 21.5. The number of carbonyl (C=O) groups is 2. The molecule has 0 unspecified atom stereocenters. The van der Waals surface area contributed by atoms with Crippen molar-refractivity contribution in [2.75, 3.05) is 12.9 Å². The number of hydrazone groups is 1. The van der Waals surface area contributed by atoms with E-state index in [4.69, 9.17) is 4.42 Å². The average molecular weight is 424 g/mol. The lowest BCUT2D eigenvalue weighted by Crippen LogP contribution is -2.19. The summed E-state index contributed by atoms with van der Waals surface area (Å²) in [6.45, 7) is 3.77. The van der Waals surface area contributed by atoms with Crippen molar-refractivity contribution in [3.8, 4) is 11.3 Å². The first-order chi connectivity index (χ1) is 14.4. The molecular weight excluding hydrogens is 404 g/mol. The largest absolute Gasteiger partial charge is 0.465 e. The van der Waals surface area contributed by atoms with Gasteiger partial charge in [0.05, 0.1) is 24.6 Å². The minimum absolute atomic E-state index is 0.149. The first kappa shape index (κ1) is 21.3. The van der Waals surface area contributed by atoms with Gasteiger partial charge < -0.3 is 9.15 Å². The summed E-state index contributed by atoms with van der Waals surface area (Å²) in [5, 5.41) is 4.47. The maximum absolute atomic E-state index is 11.9. The van der Waals surface area contributed by atoms with Gasteiger partial charge in [-0.2, -0.15) is 5.10 Å². The van der Waals surface area contributed by atoms with E-state index in [1.807, 2.05) is 19.9 Å². The van der Waals surface area contributed by atoms with Crippen LogP contribution in [0.25, 0.3) is 11.3 Å². The monoisotopic (exact) mass is 424 g/mol. The fourth-order valence-electron chi connectivity index (χ4n) is 2.55. The van der Waals surface area contributed by atoms with E-state index < -0.39 is 5.97 Å². The second kappa shape index (κ2) is 9.84. The lowest BCUT2D eigenvalue weighted by atomic mass is 10.1. The molecule has 0 atom stereocenters. The zero-order valence-electron chi connectivity index (χ0n) is 16.7. The molecule has 0 aliphatic carbocycles. The fraction of sp³-hybridized carbons (Fsp3) is 0.190. The van der Waals surface area contributed by atoms with Gasteiger partial charge in [-0.05, 0) is 44.2 Å². The zero-order valence-corrected chi connectivity index (χ0v) is 17.5. The summed E-state index contributed by atoms with van der Waals surface area (Å²) in [5.41, 5.74) is 5.43. The van der Waals surface area contributed by atoms with Crippen molar-refractivity contribution in [1.29, 1.82) is 0 Å². The van der Waals surface area contributed by atoms with Crippen LogP contribution in [0.3, 0.4) is 0 Å². The maximum Gasteiger partial charge on any atom is 0.337 e. The van der Waals surface area contributed by atoms with Crippen molar-refractivity contribution in [2.45, 2.75) is 19.0 Å². The Morgan fingerprint density at radius 3 is 2.50 bits per heavy atom. The SMILES string of the molecule is COC(=O)c1ccc(-c2ccc(/C=N\NC(=O)CSc3nc(C)cc(C)n3)o2)cc1. The van der Waals surface area contributed by atoms with Crippen molar-refractivity contribution in [1.82, 2.24) is 15.4 Å². The first-order valence-electron chi connectivity index (χ1n) is 9.00. The van der Waals surface area contributed by atoms with Crippen LogP contribution in [0.1, 0.15) is 27.5 Å². The predicted octanol–water partition coefficient (Wildman–Crippen LogP) is 3.38. The van der Waals surface area contributed by atoms with Gasteiger partial charge in [-0.3, -0.25) is 4.79 Å². The van der Waals surface area contributed by atoms with Crippen molar-refractivity contribution in [2.24, 2.45) is 5.10 Å². The van der Waals surface area contributed by atoms with Crippen LogP contribution in [0.4, 0.5) is 0 Å². The van der Waals surface area contributed by atoms with E-state index in [0.29, 0.717) is 22.2 Å². The number of nitrogens with one attached hydrogen (secondary N) is 1. The van der Waals surface area contributed by atoms with Crippen LogP contribution in [0.5, 0.6) is 0 Å². The van der Waals surface area contributed by atoms with Crippen molar-refractivity contribution < 1.29 is 18.7 Å². The Morgan fingerprint density at radius 2 is 1.83 bits per heavy atom. The summed E-state index contributed by atoms with van der Waals surface area (Å²) in [6, 6.07) is 12.2. The molecule has 3 aromatic rings. The average Bonchev–Trinajstić information content (AvgIpc) is 3.20. The van der Waals surface area contributed by atoms with Crippen LogP contribution in [0.15, 0.2) is 57.1 Å². The van der Waals surface area contributed by atoms with E-state index in [2.05, 4.69) is 25.2 Å². The molecule has 9 heteroatoms.